The predicted molar refractivity (Wildman–Crippen MR) is 53.0 cm³/mol. The number of halogens is 3. The number of alkyl halides is 3. The summed E-state index contributed by atoms with van der Waals surface area (Å²) in [6.45, 7) is 0. The minimum Gasteiger partial charge on any atom is -0.373 e. The van der Waals surface area contributed by atoms with Gasteiger partial charge in [0.15, 0.2) is 0 Å². The lowest BCUT2D eigenvalue weighted by atomic mass is 10.4. The zero-order valence-electron chi connectivity index (χ0n) is 8.75. The summed E-state index contributed by atoms with van der Waals surface area (Å²) in [7, 11) is -1.61. The van der Waals surface area contributed by atoms with Gasteiger partial charge >= 0.3 is 15.2 Å². The van der Waals surface area contributed by atoms with Gasteiger partial charge in [-0.25, -0.2) is 0 Å². The van der Waals surface area contributed by atoms with Crippen LogP contribution < -0.4 is 5.19 Å². The van der Waals surface area contributed by atoms with Crippen LogP contribution in [0.15, 0.2) is 30.3 Å². The molecule has 0 radical (unpaired) electrons. The van der Waals surface area contributed by atoms with Gasteiger partial charge in [0.05, 0.1) is 0 Å². The van der Waals surface area contributed by atoms with Gasteiger partial charge in [0, 0.05) is 19.4 Å². The largest absolute Gasteiger partial charge is 0.543 e. The van der Waals surface area contributed by atoms with Crippen LogP contribution in [0.4, 0.5) is 13.2 Å². The number of benzene rings is 1. The normalized spacial score (nSPS) is 12.8. The molecule has 0 N–H and O–H groups in total. The molecule has 3 nitrogen and oxygen atoms in total. The quantitative estimate of drug-likeness (QED) is 0.763. The van der Waals surface area contributed by atoms with Gasteiger partial charge in [0.2, 0.25) is 0 Å². The topological polar surface area (TPSA) is 27.7 Å². The summed E-state index contributed by atoms with van der Waals surface area (Å²) in [5.41, 5.74) is 0. The van der Waals surface area contributed by atoms with E-state index in [2.05, 4.69) is 4.43 Å². The van der Waals surface area contributed by atoms with Gasteiger partial charge in [-0.3, -0.25) is 4.43 Å². The second-order valence-electron chi connectivity index (χ2n) is 2.88. The average molecular weight is 252 g/mol. The summed E-state index contributed by atoms with van der Waals surface area (Å²) in [4.78, 5) is 0. The SMILES string of the molecule is CO[Si](OC)(OC(F)(F)F)c1ccccc1. The van der Waals surface area contributed by atoms with E-state index in [0.29, 0.717) is 0 Å². The van der Waals surface area contributed by atoms with Crippen molar-refractivity contribution in [3.8, 4) is 0 Å². The van der Waals surface area contributed by atoms with E-state index in [1.165, 1.54) is 12.1 Å². The second-order valence-corrected chi connectivity index (χ2v) is 5.59. The van der Waals surface area contributed by atoms with Crippen molar-refractivity contribution in [3.05, 3.63) is 30.3 Å². The van der Waals surface area contributed by atoms with Gasteiger partial charge in [-0.05, 0) is 0 Å². The molecule has 0 aliphatic carbocycles. The highest BCUT2D eigenvalue weighted by atomic mass is 28.4. The fourth-order valence-electron chi connectivity index (χ4n) is 1.26. The molecule has 7 heteroatoms. The summed E-state index contributed by atoms with van der Waals surface area (Å²) < 4.78 is 50.4. The smallest absolute Gasteiger partial charge is 0.373 e. The lowest BCUT2D eigenvalue weighted by Crippen LogP contribution is -2.57. The summed E-state index contributed by atoms with van der Waals surface area (Å²) in [5.74, 6) is 0. The Kier molecular flexibility index (Phi) is 4.08. The van der Waals surface area contributed by atoms with Gasteiger partial charge in [-0.15, -0.1) is 13.2 Å². The Labute approximate surface area is 92.1 Å². The lowest BCUT2D eigenvalue weighted by molar-refractivity contribution is -0.293. The Hall–Kier alpha value is -0.893. The summed E-state index contributed by atoms with van der Waals surface area (Å²) in [5, 5.41) is 0.261. The third kappa shape index (κ3) is 3.05. The first kappa shape index (κ1) is 13.2. The van der Waals surface area contributed by atoms with Crippen molar-refractivity contribution in [2.45, 2.75) is 6.36 Å². The van der Waals surface area contributed by atoms with Crippen LogP contribution in [-0.2, 0) is 13.3 Å². The van der Waals surface area contributed by atoms with Crippen molar-refractivity contribution in [3.63, 3.8) is 0 Å². The monoisotopic (exact) mass is 252 g/mol. The van der Waals surface area contributed by atoms with Crippen LogP contribution in [-0.4, -0.2) is 29.4 Å². The van der Waals surface area contributed by atoms with Crippen molar-refractivity contribution in [2.24, 2.45) is 0 Å². The van der Waals surface area contributed by atoms with E-state index in [1.54, 1.807) is 18.2 Å². The van der Waals surface area contributed by atoms with E-state index in [4.69, 9.17) is 8.85 Å². The maximum atomic E-state index is 12.3. The summed E-state index contributed by atoms with van der Waals surface area (Å²) >= 11 is 0. The van der Waals surface area contributed by atoms with Crippen molar-refractivity contribution in [2.75, 3.05) is 14.2 Å². The maximum absolute atomic E-state index is 12.3. The van der Waals surface area contributed by atoms with Gasteiger partial charge in [-0.2, -0.15) is 0 Å². The molecule has 1 rings (SSSR count). The first-order valence-electron chi connectivity index (χ1n) is 4.36. The molecule has 0 bridgehead atoms. The van der Waals surface area contributed by atoms with E-state index >= 15 is 0 Å². The van der Waals surface area contributed by atoms with Crippen molar-refractivity contribution in [1.29, 1.82) is 0 Å². The first-order valence-corrected chi connectivity index (χ1v) is 6.09. The molecule has 0 saturated heterocycles. The Morgan fingerprint density at radius 2 is 1.50 bits per heavy atom. The van der Waals surface area contributed by atoms with E-state index < -0.39 is 15.2 Å². The van der Waals surface area contributed by atoms with Crippen LogP contribution in [0.5, 0.6) is 0 Å². The van der Waals surface area contributed by atoms with Crippen molar-refractivity contribution < 1.29 is 26.4 Å². The molecule has 0 atom stereocenters. The number of hydrogen-bond donors (Lipinski definition) is 0. The standard InChI is InChI=1S/C9H11F3O3Si/c1-13-16(14-2,15-9(10,11)12)8-6-4-3-5-7-8/h3-7H,1-2H3. The van der Waals surface area contributed by atoms with E-state index in [-0.39, 0.29) is 5.19 Å². The molecule has 90 valence electrons. The summed E-state index contributed by atoms with van der Waals surface area (Å²) in [6, 6.07) is 7.82. The van der Waals surface area contributed by atoms with Crippen molar-refractivity contribution in [1.82, 2.24) is 0 Å². The molecule has 0 aliphatic rings. The lowest BCUT2D eigenvalue weighted by Gasteiger charge is -2.27. The van der Waals surface area contributed by atoms with Crippen molar-refractivity contribution >= 4 is 14.0 Å². The third-order valence-electron chi connectivity index (χ3n) is 1.91. The number of rotatable bonds is 4. The molecule has 16 heavy (non-hydrogen) atoms. The molecule has 0 heterocycles. The molecule has 0 saturated carbocycles. The summed E-state index contributed by atoms with van der Waals surface area (Å²) in [6.07, 6.45) is -4.80. The van der Waals surface area contributed by atoms with E-state index in [9.17, 15) is 13.2 Å². The highest BCUT2D eigenvalue weighted by molar-refractivity contribution is 6.75. The van der Waals surface area contributed by atoms with Crippen LogP contribution in [0.25, 0.3) is 0 Å². The van der Waals surface area contributed by atoms with Crippen LogP contribution in [0.3, 0.4) is 0 Å². The number of hydrogen-bond acceptors (Lipinski definition) is 3. The molecule has 1 aromatic rings. The van der Waals surface area contributed by atoms with Gasteiger partial charge in [0.25, 0.3) is 0 Å². The Bertz CT molecular complexity index is 325. The van der Waals surface area contributed by atoms with E-state index in [1.807, 2.05) is 0 Å². The molecular weight excluding hydrogens is 241 g/mol. The zero-order valence-corrected chi connectivity index (χ0v) is 9.75. The Morgan fingerprint density at radius 1 is 1.00 bits per heavy atom. The first-order chi connectivity index (χ1) is 7.43. The van der Waals surface area contributed by atoms with Crippen LogP contribution in [0.2, 0.25) is 0 Å². The van der Waals surface area contributed by atoms with Gasteiger partial charge < -0.3 is 8.85 Å². The third-order valence-corrected chi connectivity index (χ3v) is 4.53. The van der Waals surface area contributed by atoms with Crippen LogP contribution in [0.1, 0.15) is 0 Å². The molecule has 0 aliphatic heterocycles. The fourth-order valence-corrected chi connectivity index (χ4v) is 3.08. The average Bonchev–Trinajstić information content (AvgIpc) is 2.26. The second kappa shape index (κ2) is 4.96. The van der Waals surface area contributed by atoms with Crippen LogP contribution in [0, 0.1) is 0 Å². The van der Waals surface area contributed by atoms with Crippen LogP contribution >= 0.6 is 0 Å². The predicted octanol–water partition coefficient (Wildman–Crippen LogP) is 1.66. The van der Waals surface area contributed by atoms with Gasteiger partial charge in [-0.1, -0.05) is 30.3 Å². The molecule has 0 spiro atoms. The molecular formula is C9H11F3O3Si. The zero-order chi connectivity index (χ0) is 12.2. The molecule has 0 aromatic heterocycles. The van der Waals surface area contributed by atoms with Gasteiger partial charge in [0.1, 0.15) is 0 Å². The fraction of sp³-hybridized carbons (Fsp3) is 0.333. The minimum absolute atomic E-state index is 0.261. The highest BCUT2D eigenvalue weighted by Gasteiger charge is 2.51. The van der Waals surface area contributed by atoms with E-state index in [0.717, 1.165) is 14.2 Å². The Balaban J connectivity index is 3.06. The maximum Gasteiger partial charge on any atom is 0.543 e. The molecule has 1 aromatic carbocycles. The molecule has 0 fully saturated rings. The molecule has 0 amide bonds. The molecule has 0 unspecified atom stereocenters. The minimum atomic E-state index is -4.80. The highest BCUT2D eigenvalue weighted by Crippen LogP contribution is 2.23. The Morgan fingerprint density at radius 3 is 1.88 bits per heavy atom.